The number of aliphatic hydroxyl groups excluding tert-OH is 1. The number of hydrogen-bond acceptors (Lipinski definition) is 6. The molecule has 9 heteroatoms. The van der Waals surface area contributed by atoms with E-state index < -0.39 is 5.83 Å². The third-order valence-corrected chi connectivity index (χ3v) is 5.88. The van der Waals surface area contributed by atoms with Crippen molar-refractivity contribution in [3.8, 4) is 5.88 Å². The first kappa shape index (κ1) is 21.1. The van der Waals surface area contributed by atoms with Crippen LogP contribution in [0, 0.1) is 0 Å². The minimum absolute atomic E-state index is 0.0984. The first-order chi connectivity index (χ1) is 14.9. The van der Waals surface area contributed by atoms with E-state index in [1.165, 1.54) is 13.2 Å². The highest BCUT2D eigenvalue weighted by Gasteiger charge is 2.26. The molecule has 162 valence electrons. The molecular weight excluding hydrogens is 423 g/mol. The fourth-order valence-corrected chi connectivity index (χ4v) is 4.22. The third-order valence-electron chi connectivity index (χ3n) is 5.57. The number of methoxy groups -OCH3 is 1. The second-order valence-corrected chi connectivity index (χ2v) is 7.74. The van der Waals surface area contributed by atoms with Gasteiger partial charge in [0, 0.05) is 48.6 Å². The summed E-state index contributed by atoms with van der Waals surface area (Å²) in [5.74, 6) is 0.233. The van der Waals surface area contributed by atoms with Crippen LogP contribution in [-0.4, -0.2) is 59.4 Å². The maximum Gasteiger partial charge on any atom is 0.246 e. The Kier molecular flexibility index (Phi) is 5.82. The number of rotatable bonds is 4. The summed E-state index contributed by atoms with van der Waals surface area (Å²) in [5.41, 5.74) is 0.484. The molecule has 1 saturated heterocycles. The van der Waals surface area contributed by atoms with E-state index in [4.69, 9.17) is 16.3 Å². The third kappa shape index (κ3) is 3.83. The van der Waals surface area contributed by atoms with E-state index in [1.54, 1.807) is 23.1 Å². The molecule has 0 saturated carbocycles. The van der Waals surface area contributed by atoms with Crippen molar-refractivity contribution in [3.05, 3.63) is 53.0 Å². The molecule has 1 N–H and O–H groups in total. The van der Waals surface area contributed by atoms with Crippen LogP contribution in [0.25, 0.3) is 16.3 Å². The van der Waals surface area contributed by atoms with Crippen molar-refractivity contribution in [1.29, 1.82) is 0 Å². The number of aliphatic hydroxyl groups is 1. The molecule has 1 fully saturated rings. The Morgan fingerprint density at radius 1 is 1.26 bits per heavy atom. The van der Waals surface area contributed by atoms with E-state index in [-0.39, 0.29) is 28.7 Å². The Bertz CT molecular complexity index is 1120. The topological polar surface area (TPSA) is 78.8 Å². The van der Waals surface area contributed by atoms with E-state index in [0.717, 1.165) is 0 Å². The van der Waals surface area contributed by atoms with Crippen molar-refractivity contribution in [2.45, 2.75) is 12.8 Å². The Morgan fingerprint density at radius 2 is 2.00 bits per heavy atom. The molecular formula is C22H22ClFN4O3. The maximum absolute atomic E-state index is 14.6. The van der Waals surface area contributed by atoms with E-state index in [1.807, 2.05) is 4.90 Å². The molecule has 0 bridgehead atoms. The molecule has 2 heterocycles. The van der Waals surface area contributed by atoms with Gasteiger partial charge >= 0.3 is 0 Å². The molecule has 0 radical (unpaired) electrons. The van der Waals surface area contributed by atoms with Crippen LogP contribution in [0.5, 0.6) is 5.88 Å². The van der Waals surface area contributed by atoms with Crippen LogP contribution >= 0.6 is 11.6 Å². The summed E-state index contributed by atoms with van der Waals surface area (Å²) in [6.07, 6.45) is 3.53. The number of ether oxygens (including phenoxy) is 1. The average molecular weight is 445 g/mol. The lowest BCUT2D eigenvalue weighted by atomic mass is 9.95. The predicted octanol–water partition coefficient (Wildman–Crippen LogP) is 4.04. The van der Waals surface area contributed by atoms with Gasteiger partial charge in [-0.15, -0.1) is 10.2 Å². The highest BCUT2D eigenvalue weighted by molar-refractivity contribution is 6.33. The van der Waals surface area contributed by atoms with Crippen LogP contribution in [-0.2, 0) is 4.79 Å². The monoisotopic (exact) mass is 444 g/mol. The fraction of sp³-hybridized carbons (Fsp3) is 0.318. The van der Waals surface area contributed by atoms with Crippen molar-refractivity contribution in [3.63, 3.8) is 0 Å². The second kappa shape index (κ2) is 8.55. The highest BCUT2D eigenvalue weighted by atomic mass is 35.5. The molecule has 1 amide bonds. The maximum atomic E-state index is 14.6. The lowest BCUT2D eigenvalue weighted by molar-refractivity contribution is -0.126. The van der Waals surface area contributed by atoms with Crippen molar-refractivity contribution in [2.24, 2.45) is 0 Å². The van der Waals surface area contributed by atoms with Gasteiger partial charge in [0.05, 0.1) is 18.1 Å². The van der Waals surface area contributed by atoms with Crippen molar-refractivity contribution < 1.29 is 19.0 Å². The van der Waals surface area contributed by atoms with Gasteiger partial charge in [-0.25, -0.2) is 4.39 Å². The van der Waals surface area contributed by atoms with E-state index in [9.17, 15) is 14.3 Å². The summed E-state index contributed by atoms with van der Waals surface area (Å²) in [7, 11) is 1.49. The van der Waals surface area contributed by atoms with Crippen molar-refractivity contribution in [2.75, 3.05) is 38.2 Å². The minimum Gasteiger partial charge on any atom is -0.508 e. The predicted molar refractivity (Wildman–Crippen MR) is 118 cm³/mol. The number of benzene rings is 1. The van der Waals surface area contributed by atoms with Crippen molar-refractivity contribution in [1.82, 2.24) is 15.1 Å². The molecule has 1 aromatic heterocycles. The zero-order valence-corrected chi connectivity index (χ0v) is 17.8. The van der Waals surface area contributed by atoms with Gasteiger partial charge in [0.1, 0.15) is 11.6 Å². The van der Waals surface area contributed by atoms with Gasteiger partial charge in [-0.05, 0) is 30.7 Å². The number of carbonyl (C=O) groups is 1. The number of anilines is 1. The lowest BCUT2D eigenvalue weighted by Gasteiger charge is -2.35. The van der Waals surface area contributed by atoms with Crippen LogP contribution < -0.4 is 9.64 Å². The van der Waals surface area contributed by atoms with Gasteiger partial charge in [-0.1, -0.05) is 18.2 Å². The first-order valence-corrected chi connectivity index (χ1v) is 10.3. The number of amides is 1. The summed E-state index contributed by atoms with van der Waals surface area (Å²) in [4.78, 5) is 15.6. The molecule has 1 aliphatic carbocycles. The number of fused-ring (bicyclic) bond motifs is 1. The number of aromatic nitrogens is 2. The standard InChI is InChI=1S/C22H22ClFN4O3/c1-3-19(30)27-7-9-28(10-8-27)21-13-11-15(20-17(24)5-4-6-18(20)29)16(23)12-14(13)22(31-2)26-25-21/h3,6,11-12,29H,1,4-5,7-10H2,2H3. The summed E-state index contributed by atoms with van der Waals surface area (Å²) >= 11 is 6.49. The van der Waals surface area contributed by atoms with Crippen LogP contribution in [0.3, 0.4) is 0 Å². The molecule has 7 nitrogen and oxygen atoms in total. The van der Waals surface area contributed by atoms with Crippen molar-refractivity contribution >= 4 is 39.7 Å². The molecule has 4 rings (SSSR count). The molecule has 1 aliphatic heterocycles. The van der Waals surface area contributed by atoms with Gasteiger partial charge in [-0.2, -0.15) is 0 Å². The molecule has 1 aromatic carbocycles. The second-order valence-electron chi connectivity index (χ2n) is 7.33. The van der Waals surface area contributed by atoms with Gasteiger partial charge < -0.3 is 19.6 Å². The molecule has 2 aliphatic rings. The number of hydrogen-bond donors (Lipinski definition) is 1. The molecule has 0 unspecified atom stereocenters. The first-order valence-electron chi connectivity index (χ1n) is 9.93. The van der Waals surface area contributed by atoms with Gasteiger partial charge in [0.25, 0.3) is 0 Å². The average Bonchev–Trinajstić information content (AvgIpc) is 2.78. The summed E-state index contributed by atoms with van der Waals surface area (Å²) < 4.78 is 20.0. The zero-order chi connectivity index (χ0) is 22.1. The number of halogens is 2. The largest absolute Gasteiger partial charge is 0.508 e. The van der Waals surface area contributed by atoms with Crippen LogP contribution in [0.2, 0.25) is 5.02 Å². The summed E-state index contributed by atoms with van der Waals surface area (Å²) in [5, 5.41) is 20.4. The Morgan fingerprint density at radius 3 is 2.65 bits per heavy atom. The van der Waals surface area contributed by atoms with Crippen LogP contribution in [0.15, 0.2) is 42.4 Å². The van der Waals surface area contributed by atoms with Crippen LogP contribution in [0.1, 0.15) is 18.4 Å². The van der Waals surface area contributed by atoms with Gasteiger partial charge in [-0.3, -0.25) is 4.79 Å². The smallest absolute Gasteiger partial charge is 0.246 e. The minimum atomic E-state index is -0.409. The normalized spacial score (nSPS) is 17.1. The number of nitrogens with zero attached hydrogens (tertiary/aromatic N) is 4. The van der Waals surface area contributed by atoms with Crippen LogP contribution in [0.4, 0.5) is 10.2 Å². The quantitative estimate of drug-likeness (QED) is 0.717. The summed E-state index contributed by atoms with van der Waals surface area (Å²) in [6.45, 7) is 5.67. The Hall–Kier alpha value is -3.13. The van der Waals surface area contributed by atoms with E-state index in [0.29, 0.717) is 60.6 Å². The molecule has 0 spiro atoms. The number of allylic oxidation sites excluding steroid dienone is 3. The van der Waals surface area contributed by atoms with E-state index in [2.05, 4.69) is 16.8 Å². The SMILES string of the molecule is C=CC(=O)N1CCN(c2nnc(OC)c3cc(Cl)c(C4=C(F)CCC=C4O)cc23)CC1. The Labute approximate surface area is 184 Å². The molecule has 31 heavy (non-hydrogen) atoms. The Balaban J connectivity index is 1.81. The van der Waals surface area contributed by atoms with Gasteiger partial charge in [0.15, 0.2) is 5.82 Å². The fourth-order valence-electron chi connectivity index (χ4n) is 3.97. The zero-order valence-electron chi connectivity index (χ0n) is 17.1. The molecule has 2 aromatic rings. The van der Waals surface area contributed by atoms with E-state index >= 15 is 0 Å². The number of carbonyl (C=O) groups excluding carboxylic acids is 1. The number of piperazine rings is 1. The summed E-state index contributed by atoms with van der Waals surface area (Å²) in [6, 6.07) is 3.37. The van der Waals surface area contributed by atoms with Gasteiger partial charge in [0.2, 0.25) is 11.8 Å². The highest BCUT2D eigenvalue weighted by Crippen LogP contribution is 2.41. The lowest BCUT2D eigenvalue weighted by Crippen LogP contribution is -2.48. The molecule has 0 atom stereocenters.